The van der Waals surface area contributed by atoms with Crippen LogP contribution in [-0.2, 0) is 4.79 Å². The Kier molecular flexibility index (Phi) is 4.37. The molecule has 150 valence electrons. The van der Waals surface area contributed by atoms with E-state index in [0.717, 1.165) is 21.5 Å². The van der Waals surface area contributed by atoms with E-state index in [0.29, 0.717) is 16.6 Å². The summed E-state index contributed by atoms with van der Waals surface area (Å²) < 4.78 is 0. The standard InChI is InChI=1S/C26H18N2O3/c1-15(29)22(25(30)19-13-12-16-6-2-3-7-18(16)14-19)24-26(31)28-21-11-5-9-17-8-4-10-20(27-24)23(17)21/h2-14,27H,1H3,(H,28,31)/b24-22-. The normalized spacial score (nSPS) is 12.3. The lowest BCUT2D eigenvalue weighted by molar-refractivity contribution is -0.111. The van der Waals surface area contributed by atoms with Crippen molar-refractivity contribution in [3.63, 3.8) is 0 Å². The van der Waals surface area contributed by atoms with E-state index in [2.05, 4.69) is 9.97 Å². The second-order valence-corrected chi connectivity index (χ2v) is 7.49. The van der Waals surface area contributed by atoms with Gasteiger partial charge in [-0.3, -0.25) is 14.4 Å². The number of carbonyl (C=O) groups excluding carboxylic acids is 2. The van der Waals surface area contributed by atoms with Crippen LogP contribution in [0.3, 0.4) is 0 Å². The van der Waals surface area contributed by atoms with Crippen molar-refractivity contribution < 1.29 is 9.59 Å². The van der Waals surface area contributed by atoms with Crippen molar-refractivity contribution in [1.82, 2.24) is 9.97 Å². The van der Waals surface area contributed by atoms with Crippen LogP contribution in [0.25, 0.3) is 38.2 Å². The molecule has 31 heavy (non-hydrogen) atoms. The van der Waals surface area contributed by atoms with Crippen LogP contribution in [0.15, 0.2) is 83.7 Å². The second kappa shape index (κ2) is 7.22. The highest BCUT2D eigenvalue weighted by Crippen LogP contribution is 2.22. The molecule has 5 nitrogen and oxygen atoms in total. The summed E-state index contributed by atoms with van der Waals surface area (Å²) in [6.07, 6.45) is 0. The van der Waals surface area contributed by atoms with Gasteiger partial charge in [-0.2, -0.15) is 0 Å². The maximum absolute atomic E-state index is 13.4. The molecule has 0 amide bonds. The number of hydrogen-bond donors (Lipinski definition) is 2. The number of H-pyrrole nitrogens is 2. The fourth-order valence-electron chi connectivity index (χ4n) is 4.03. The zero-order chi connectivity index (χ0) is 21.5. The Hall–Kier alpha value is -4.25. The van der Waals surface area contributed by atoms with Crippen molar-refractivity contribution in [2.45, 2.75) is 6.92 Å². The molecule has 5 heteroatoms. The highest BCUT2D eigenvalue weighted by atomic mass is 16.2. The summed E-state index contributed by atoms with van der Waals surface area (Å²) in [5.41, 5.74) is 0.944. The van der Waals surface area contributed by atoms with Crippen LogP contribution < -0.4 is 10.9 Å². The highest BCUT2D eigenvalue weighted by molar-refractivity contribution is 6.45. The van der Waals surface area contributed by atoms with Crippen LogP contribution in [-0.4, -0.2) is 21.5 Å². The number of Topliss-reactive ketones (excluding diaryl/α,β-unsaturated/α-hetero) is 2. The van der Waals surface area contributed by atoms with Crippen LogP contribution in [0.4, 0.5) is 0 Å². The number of aromatic nitrogens is 2. The van der Waals surface area contributed by atoms with Gasteiger partial charge in [0.2, 0.25) is 0 Å². The van der Waals surface area contributed by atoms with E-state index >= 15 is 0 Å². The van der Waals surface area contributed by atoms with E-state index < -0.39 is 17.1 Å². The third-order valence-electron chi connectivity index (χ3n) is 5.48. The van der Waals surface area contributed by atoms with Crippen LogP contribution in [0, 0.1) is 0 Å². The topological polar surface area (TPSA) is 82.8 Å². The zero-order valence-corrected chi connectivity index (χ0v) is 16.7. The summed E-state index contributed by atoms with van der Waals surface area (Å²) in [5.74, 6) is -0.969. The minimum Gasteiger partial charge on any atom is -0.350 e. The zero-order valence-electron chi connectivity index (χ0n) is 16.7. The first kappa shape index (κ1) is 18.8. The summed E-state index contributed by atoms with van der Waals surface area (Å²) >= 11 is 0. The van der Waals surface area contributed by atoms with Gasteiger partial charge in [-0.1, -0.05) is 60.7 Å². The van der Waals surface area contributed by atoms with E-state index in [1.54, 1.807) is 18.2 Å². The Morgan fingerprint density at radius 2 is 1.35 bits per heavy atom. The largest absolute Gasteiger partial charge is 0.350 e. The maximum Gasteiger partial charge on any atom is 0.273 e. The average molecular weight is 406 g/mol. The summed E-state index contributed by atoms with van der Waals surface area (Å²) in [5, 5.41) is 3.60. The third-order valence-corrected chi connectivity index (χ3v) is 5.48. The van der Waals surface area contributed by atoms with Crippen molar-refractivity contribution in [3.05, 3.63) is 100 Å². The molecular formula is C26H18N2O3. The predicted molar refractivity (Wildman–Crippen MR) is 123 cm³/mol. The molecule has 1 aromatic heterocycles. The molecule has 2 N–H and O–H groups in total. The molecule has 0 fully saturated rings. The Morgan fingerprint density at radius 1 is 0.710 bits per heavy atom. The molecule has 0 atom stereocenters. The quantitative estimate of drug-likeness (QED) is 0.350. The van der Waals surface area contributed by atoms with Gasteiger partial charge in [-0.25, -0.2) is 0 Å². The molecule has 0 saturated heterocycles. The lowest BCUT2D eigenvalue weighted by Gasteiger charge is -2.05. The van der Waals surface area contributed by atoms with Crippen molar-refractivity contribution in [1.29, 1.82) is 0 Å². The molecule has 0 aliphatic heterocycles. The smallest absolute Gasteiger partial charge is 0.273 e. The second-order valence-electron chi connectivity index (χ2n) is 7.49. The number of ketones is 2. The fraction of sp³-hybridized carbons (Fsp3) is 0.0385. The van der Waals surface area contributed by atoms with Crippen molar-refractivity contribution >= 4 is 49.7 Å². The Bertz CT molecular complexity index is 1650. The molecule has 0 saturated carbocycles. The Labute approximate surface area is 176 Å². The van der Waals surface area contributed by atoms with Crippen molar-refractivity contribution in [2.24, 2.45) is 0 Å². The third kappa shape index (κ3) is 3.16. The van der Waals surface area contributed by atoms with Gasteiger partial charge < -0.3 is 9.97 Å². The highest BCUT2D eigenvalue weighted by Gasteiger charge is 2.20. The van der Waals surface area contributed by atoms with Crippen LogP contribution in [0.1, 0.15) is 17.3 Å². The molecule has 0 aliphatic carbocycles. The first-order chi connectivity index (χ1) is 15.0. The van der Waals surface area contributed by atoms with E-state index in [1.807, 2.05) is 60.7 Å². The van der Waals surface area contributed by atoms with Gasteiger partial charge in [0, 0.05) is 16.5 Å². The van der Waals surface area contributed by atoms with Gasteiger partial charge in [-0.05, 0) is 41.3 Å². The SMILES string of the molecule is CC(=O)/C(C(=O)c1ccc2ccccc2c1)=c1/[nH]c2cccc3cccc([nH]c1=O)c32. The summed E-state index contributed by atoms with van der Waals surface area (Å²) in [7, 11) is 0. The van der Waals surface area contributed by atoms with E-state index in [9.17, 15) is 14.4 Å². The summed E-state index contributed by atoms with van der Waals surface area (Å²) in [4.78, 5) is 45.0. The van der Waals surface area contributed by atoms with Crippen LogP contribution >= 0.6 is 0 Å². The first-order valence-electron chi connectivity index (χ1n) is 9.92. The molecular weight excluding hydrogens is 388 g/mol. The van der Waals surface area contributed by atoms with E-state index in [-0.39, 0.29) is 10.9 Å². The number of nitrogens with one attached hydrogen (secondary N) is 2. The molecule has 1 heterocycles. The maximum atomic E-state index is 13.4. The molecule has 0 bridgehead atoms. The number of benzene rings is 4. The lowest BCUT2D eigenvalue weighted by Crippen LogP contribution is -2.34. The number of rotatable bonds is 3. The molecule has 0 spiro atoms. The van der Waals surface area contributed by atoms with Gasteiger partial charge in [0.25, 0.3) is 5.56 Å². The number of aromatic amines is 2. The monoisotopic (exact) mass is 406 g/mol. The van der Waals surface area contributed by atoms with E-state index in [4.69, 9.17) is 0 Å². The predicted octanol–water partition coefficient (Wildman–Crippen LogP) is 4.07. The minimum absolute atomic E-state index is 0.0469. The van der Waals surface area contributed by atoms with Crippen LogP contribution in [0.5, 0.6) is 0 Å². The minimum atomic E-state index is -0.525. The molecule has 0 aliphatic rings. The number of hydrogen-bond acceptors (Lipinski definition) is 3. The molecule has 5 aromatic rings. The van der Waals surface area contributed by atoms with Gasteiger partial charge in [0.1, 0.15) is 5.35 Å². The van der Waals surface area contributed by atoms with Gasteiger partial charge in [0.05, 0.1) is 11.1 Å². The molecule has 5 rings (SSSR count). The van der Waals surface area contributed by atoms with Gasteiger partial charge in [0.15, 0.2) is 11.6 Å². The first-order valence-corrected chi connectivity index (χ1v) is 9.92. The van der Waals surface area contributed by atoms with Crippen molar-refractivity contribution in [3.8, 4) is 0 Å². The Balaban J connectivity index is 1.86. The number of carbonyl (C=O) groups is 2. The summed E-state index contributed by atoms with van der Waals surface area (Å²) in [6, 6.07) is 24.1. The molecule has 0 unspecified atom stereocenters. The fourth-order valence-corrected chi connectivity index (χ4v) is 4.03. The van der Waals surface area contributed by atoms with E-state index in [1.165, 1.54) is 6.92 Å². The van der Waals surface area contributed by atoms with Crippen LogP contribution in [0.2, 0.25) is 0 Å². The van der Waals surface area contributed by atoms with Gasteiger partial charge in [-0.15, -0.1) is 0 Å². The van der Waals surface area contributed by atoms with Crippen molar-refractivity contribution in [2.75, 3.05) is 0 Å². The van der Waals surface area contributed by atoms with Gasteiger partial charge >= 0.3 is 0 Å². The molecule has 4 aromatic carbocycles. The summed E-state index contributed by atoms with van der Waals surface area (Å²) in [6.45, 7) is 1.30. The Morgan fingerprint density at radius 3 is 2.06 bits per heavy atom. The number of fused-ring (bicyclic) bond motifs is 1. The lowest BCUT2D eigenvalue weighted by atomic mass is 9.98. The molecule has 0 radical (unpaired) electrons. The average Bonchev–Trinajstić information content (AvgIpc) is 2.91.